The number of ether oxygens (including phenoxy) is 2. The third-order valence-corrected chi connectivity index (χ3v) is 6.19. The minimum Gasteiger partial charge on any atom is -0.493 e. The van der Waals surface area contributed by atoms with E-state index in [1.54, 1.807) is 18.2 Å². The van der Waals surface area contributed by atoms with Crippen molar-refractivity contribution in [2.45, 2.75) is 122 Å². The minimum atomic E-state index is -0.252. The van der Waals surface area contributed by atoms with Crippen LogP contribution in [0.4, 0.5) is 0 Å². The molecular formula is C30H48O4. The van der Waals surface area contributed by atoms with Crippen LogP contribution >= 0.6 is 0 Å². The molecule has 0 amide bonds. The largest absolute Gasteiger partial charge is 0.493 e. The standard InChI is InChI=1S/C30H48O4/c1-3-4-5-6-7-8-9-10-11-12-13-14-15-16-17-18-19-20-21-22-30(32)34-28-24-23-27(26-31)25-29(28)33-2/h10-11,23-26H,3-9,12-22H2,1-2H3. The number of allylic oxidation sites excluding steroid dienone is 2. The second-order valence-corrected chi connectivity index (χ2v) is 9.25. The molecular weight excluding hydrogens is 424 g/mol. The molecule has 4 nitrogen and oxygen atoms in total. The van der Waals surface area contributed by atoms with E-state index in [2.05, 4.69) is 19.1 Å². The molecule has 0 saturated heterocycles. The summed E-state index contributed by atoms with van der Waals surface area (Å²) in [6.07, 6.45) is 27.6. The Hall–Kier alpha value is -2.10. The summed E-state index contributed by atoms with van der Waals surface area (Å²) in [6.45, 7) is 2.27. The number of benzene rings is 1. The quantitative estimate of drug-likeness (QED) is 0.0555. The molecule has 0 saturated carbocycles. The molecule has 0 aliphatic carbocycles. The van der Waals surface area contributed by atoms with Crippen molar-refractivity contribution >= 4 is 12.3 Å². The molecule has 0 atom stereocenters. The average Bonchev–Trinajstić information content (AvgIpc) is 2.85. The van der Waals surface area contributed by atoms with E-state index in [-0.39, 0.29) is 5.97 Å². The highest BCUT2D eigenvalue weighted by molar-refractivity contribution is 5.78. The third-order valence-electron chi connectivity index (χ3n) is 6.19. The van der Waals surface area contributed by atoms with Crippen molar-refractivity contribution < 1.29 is 19.1 Å². The summed E-state index contributed by atoms with van der Waals surface area (Å²) in [7, 11) is 1.50. The second-order valence-electron chi connectivity index (χ2n) is 9.25. The van der Waals surface area contributed by atoms with Gasteiger partial charge in [-0.15, -0.1) is 0 Å². The van der Waals surface area contributed by atoms with Crippen molar-refractivity contribution in [2.75, 3.05) is 7.11 Å². The van der Waals surface area contributed by atoms with Crippen LogP contribution in [0.25, 0.3) is 0 Å². The van der Waals surface area contributed by atoms with Crippen molar-refractivity contribution in [1.82, 2.24) is 0 Å². The van der Waals surface area contributed by atoms with Gasteiger partial charge in [-0.2, -0.15) is 0 Å². The Morgan fingerprint density at radius 3 is 1.79 bits per heavy atom. The number of carbonyl (C=O) groups excluding carboxylic acids is 2. The summed E-state index contributed by atoms with van der Waals surface area (Å²) < 4.78 is 10.6. The molecule has 0 N–H and O–H groups in total. The topological polar surface area (TPSA) is 52.6 Å². The molecule has 34 heavy (non-hydrogen) atoms. The van der Waals surface area contributed by atoms with Crippen LogP contribution in [0.3, 0.4) is 0 Å². The fourth-order valence-corrected chi connectivity index (χ4v) is 4.06. The van der Waals surface area contributed by atoms with Crippen molar-refractivity contribution in [2.24, 2.45) is 0 Å². The van der Waals surface area contributed by atoms with Crippen LogP contribution in [-0.2, 0) is 4.79 Å². The van der Waals surface area contributed by atoms with Crippen molar-refractivity contribution in [3.05, 3.63) is 35.9 Å². The number of rotatable bonds is 22. The zero-order chi connectivity index (χ0) is 24.7. The molecule has 0 spiro atoms. The lowest BCUT2D eigenvalue weighted by Gasteiger charge is -2.09. The molecule has 1 rings (SSSR count). The molecule has 0 heterocycles. The fraction of sp³-hybridized carbons (Fsp3) is 0.667. The summed E-state index contributed by atoms with van der Waals surface area (Å²) in [6, 6.07) is 4.79. The van der Waals surface area contributed by atoms with Gasteiger partial charge in [-0.3, -0.25) is 9.59 Å². The SMILES string of the molecule is CCCCCCCCC=CCCCCCCCCCCCC(=O)Oc1ccc(C=O)cc1OC. The van der Waals surface area contributed by atoms with Crippen LogP contribution in [0.5, 0.6) is 11.5 Å². The summed E-state index contributed by atoms with van der Waals surface area (Å²) in [5, 5.41) is 0. The molecule has 0 radical (unpaired) electrons. The molecule has 0 aliphatic rings. The molecule has 192 valence electrons. The van der Waals surface area contributed by atoms with E-state index in [0.29, 0.717) is 23.5 Å². The first-order valence-corrected chi connectivity index (χ1v) is 13.7. The highest BCUT2D eigenvalue weighted by Crippen LogP contribution is 2.28. The van der Waals surface area contributed by atoms with Crippen LogP contribution in [0, 0.1) is 0 Å². The Morgan fingerprint density at radius 1 is 0.735 bits per heavy atom. The van der Waals surface area contributed by atoms with E-state index in [9.17, 15) is 9.59 Å². The van der Waals surface area contributed by atoms with Crippen molar-refractivity contribution in [3.8, 4) is 11.5 Å². The maximum absolute atomic E-state index is 12.1. The number of hydrogen-bond donors (Lipinski definition) is 0. The van der Waals surface area contributed by atoms with Crippen LogP contribution in [0.2, 0.25) is 0 Å². The van der Waals surface area contributed by atoms with Crippen LogP contribution < -0.4 is 9.47 Å². The average molecular weight is 473 g/mol. The summed E-state index contributed by atoms with van der Waals surface area (Å²) in [4.78, 5) is 22.9. The first kappa shape index (κ1) is 29.9. The zero-order valence-electron chi connectivity index (χ0n) is 21.8. The highest BCUT2D eigenvalue weighted by atomic mass is 16.6. The maximum atomic E-state index is 12.1. The van der Waals surface area contributed by atoms with Gasteiger partial charge in [-0.05, 0) is 50.3 Å². The number of aldehydes is 1. The lowest BCUT2D eigenvalue weighted by Crippen LogP contribution is -2.08. The van der Waals surface area contributed by atoms with Crippen LogP contribution in [0.1, 0.15) is 133 Å². The van der Waals surface area contributed by atoms with Gasteiger partial charge in [0.1, 0.15) is 6.29 Å². The monoisotopic (exact) mass is 472 g/mol. The van der Waals surface area contributed by atoms with Crippen molar-refractivity contribution in [1.29, 1.82) is 0 Å². The molecule has 0 aliphatic heterocycles. The Balaban J connectivity index is 1.90. The van der Waals surface area contributed by atoms with Gasteiger partial charge in [-0.25, -0.2) is 0 Å². The Kier molecular flexibility index (Phi) is 18.9. The molecule has 0 bridgehead atoms. The van der Waals surface area contributed by atoms with E-state index >= 15 is 0 Å². The fourth-order valence-electron chi connectivity index (χ4n) is 4.06. The van der Waals surface area contributed by atoms with Gasteiger partial charge in [0.25, 0.3) is 0 Å². The molecule has 0 unspecified atom stereocenters. The van der Waals surface area contributed by atoms with Gasteiger partial charge in [0.2, 0.25) is 0 Å². The first-order valence-electron chi connectivity index (χ1n) is 13.7. The molecule has 0 aromatic heterocycles. The molecule has 4 heteroatoms. The zero-order valence-corrected chi connectivity index (χ0v) is 21.8. The van der Waals surface area contributed by atoms with E-state index in [1.165, 1.54) is 103 Å². The predicted molar refractivity (Wildman–Crippen MR) is 142 cm³/mol. The number of carbonyl (C=O) groups is 2. The summed E-state index contributed by atoms with van der Waals surface area (Å²) in [5.74, 6) is 0.520. The van der Waals surface area contributed by atoms with Crippen LogP contribution in [-0.4, -0.2) is 19.4 Å². The second kappa shape index (κ2) is 21.4. The third kappa shape index (κ3) is 15.7. The van der Waals surface area contributed by atoms with Gasteiger partial charge in [0, 0.05) is 12.0 Å². The minimum absolute atomic E-state index is 0.252. The summed E-state index contributed by atoms with van der Waals surface area (Å²) in [5.41, 5.74) is 0.493. The molecule has 1 aromatic carbocycles. The van der Waals surface area contributed by atoms with E-state index < -0.39 is 0 Å². The number of methoxy groups -OCH3 is 1. The summed E-state index contributed by atoms with van der Waals surface area (Å²) >= 11 is 0. The maximum Gasteiger partial charge on any atom is 0.311 e. The molecule has 0 fully saturated rings. The smallest absolute Gasteiger partial charge is 0.311 e. The van der Waals surface area contributed by atoms with Crippen molar-refractivity contribution in [3.63, 3.8) is 0 Å². The van der Waals surface area contributed by atoms with Gasteiger partial charge in [0.05, 0.1) is 7.11 Å². The van der Waals surface area contributed by atoms with E-state index in [1.807, 2.05) is 0 Å². The lowest BCUT2D eigenvalue weighted by atomic mass is 10.1. The Morgan fingerprint density at radius 2 is 1.26 bits per heavy atom. The highest BCUT2D eigenvalue weighted by Gasteiger charge is 2.10. The lowest BCUT2D eigenvalue weighted by molar-refractivity contribution is -0.134. The van der Waals surface area contributed by atoms with Gasteiger partial charge in [-0.1, -0.05) is 96.1 Å². The normalized spacial score (nSPS) is 11.1. The van der Waals surface area contributed by atoms with E-state index in [4.69, 9.17) is 9.47 Å². The van der Waals surface area contributed by atoms with E-state index in [0.717, 1.165) is 19.1 Å². The number of hydrogen-bond acceptors (Lipinski definition) is 4. The number of unbranched alkanes of at least 4 members (excludes halogenated alkanes) is 15. The Bertz CT molecular complexity index is 680. The van der Waals surface area contributed by atoms with Gasteiger partial charge in [0.15, 0.2) is 11.5 Å². The van der Waals surface area contributed by atoms with Gasteiger partial charge >= 0.3 is 5.97 Å². The van der Waals surface area contributed by atoms with Crippen LogP contribution in [0.15, 0.2) is 30.4 Å². The predicted octanol–water partition coefficient (Wildman–Crippen LogP) is 9.01. The first-order chi connectivity index (χ1) is 16.7. The number of esters is 1. The Labute approximate surface area is 208 Å². The van der Waals surface area contributed by atoms with Gasteiger partial charge < -0.3 is 9.47 Å². The molecule has 1 aromatic rings.